The Morgan fingerprint density at radius 2 is 1.97 bits per heavy atom. The third kappa shape index (κ3) is 4.69. The fourth-order valence-electron chi connectivity index (χ4n) is 2.94. The summed E-state index contributed by atoms with van der Waals surface area (Å²) in [6, 6.07) is 16.1. The highest BCUT2D eigenvalue weighted by Crippen LogP contribution is 2.24. The van der Waals surface area contributed by atoms with E-state index in [0.717, 1.165) is 5.56 Å². The van der Waals surface area contributed by atoms with Gasteiger partial charge in [0.1, 0.15) is 11.5 Å². The van der Waals surface area contributed by atoms with E-state index < -0.39 is 0 Å². The van der Waals surface area contributed by atoms with Gasteiger partial charge in [0.05, 0.1) is 12.0 Å². The predicted molar refractivity (Wildman–Crippen MR) is 118 cm³/mol. The van der Waals surface area contributed by atoms with Crippen LogP contribution in [-0.4, -0.2) is 25.7 Å². The first kappa shape index (κ1) is 20.1. The summed E-state index contributed by atoms with van der Waals surface area (Å²) in [4.78, 5) is 31.9. The van der Waals surface area contributed by atoms with Crippen LogP contribution >= 0.6 is 0 Å². The minimum Gasteiger partial charge on any atom is -0.463 e. The first-order valence-electron chi connectivity index (χ1n) is 9.79. The lowest BCUT2D eigenvalue weighted by Crippen LogP contribution is -2.18. The quantitative estimate of drug-likeness (QED) is 0.463. The Labute approximate surface area is 178 Å². The minimum absolute atomic E-state index is 0.0491. The largest absolute Gasteiger partial charge is 0.463 e. The van der Waals surface area contributed by atoms with Crippen molar-refractivity contribution in [3.05, 3.63) is 88.5 Å². The van der Waals surface area contributed by atoms with Gasteiger partial charge in [-0.2, -0.15) is 9.78 Å². The fourth-order valence-corrected chi connectivity index (χ4v) is 2.94. The van der Waals surface area contributed by atoms with Crippen molar-refractivity contribution in [2.75, 3.05) is 5.32 Å². The smallest absolute Gasteiger partial charge is 0.252 e. The summed E-state index contributed by atoms with van der Waals surface area (Å²) in [5.41, 5.74) is 1.71. The number of nitrogens with zero attached hydrogens (tertiary/aromatic N) is 3. The highest BCUT2D eigenvalue weighted by molar-refractivity contribution is 6.01. The molecule has 0 saturated heterocycles. The third-order valence-electron chi connectivity index (χ3n) is 4.50. The van der Waals surface area contributed by atoms with Crippen molar-refractivity contribution in [2.24, 2.45) is 0 Å². The SMILES string of the molecule is CC(C)c1cc(=O)[nH]c(-n2nc(-c3ccco3)cc2NC(=O)C=Cc2ccccc2)n1. The number of aromatic nitrogens is 4. The van der Waals surface area contributed by atoms with E-state index in [9.17, 15) is 9.59 Å². The first-order chi connectivity index (χ1) is 15.0. The first-order valence-corrected chi connectivity index (χ1v) is 9.79. The number of hydrogen-bond donors (Lipinski definition) is 2. The Morgan fingerprint density at radius 1 is 1.16 bits per heavy atom. The van der Waals surface area contributed by atoms with Gasteiger partial charge in [-0.15, -0.1) is 0 Å². The molecule has 0 saturated carbocycles. The number of carbonyl (C=O) groups is 1. The molecule has 0 atom stereocenters. The molecule has 156 valence electrons. The van der Waals surface area contributed by atoms with Crippen LogP contribution in [0.1, 0.15) is 31.0 Å². The molecule has 8 nitrogen and oxygen atoms in total. The molecule has 3 aromatic heterocycles. The summed E-state index contributed by atoms with van der Waals surface area (Å²) in [6.45, 7) is 3.89. The zero-order chi connectivity index (χ0) is 21.8. The van der Waals surface area contributed by atoms with Crippen LogP contribution in [0.4, 0.5) is 5.82 Å². The summed E-state index contributed by atoms with van der Waals surface area (Å²) < 4.78 is 6.81. The number of benzene rings is 1. The standard InChI is InChI=1S/C23H21N5O3/c1-15(2)17-14-22(30)26-23(24-17)28-20(13-18(27-28)19-9-6-12-31-19)25-21(29)11-10-16-7-4-3-5-8-16/h3-15H,1-2H3,(H,25,29)(H,24,26,30). The number of aromatic amines is 1. The second-order valence-corrected chi connectivity index (χ2v) is 7.19. The highest BCUT2D eigenvalue weighted by atomic mass is 16.3. The predicted octanol–water partition coefficient (Wildman–Crippen LogP) is 3.99. The van der Waals surface area contributed by atoms with Crippen molar-refractivity contribution in [2.45, 2.75) is 19.8 Å². The molecular formula is C23H21N5O3. The van der Waals surface area contributed by atoms with Gasteiger partial charge in [0.15, 0.2) is 5.76 Å². The molecule has 1 aromatic carbocycles. The molecule has 1 amide bonds. The van der Waals surface area contributed by atoms with Crippen LogP contribution in [0.25, 0.3) is 23.5 Å². The molecule has 2 N–H and O–H groups in total. The summed E-state index contributed by atoms with van der Waals surface area (Å²) in [5.74, 6) is 0.775. The van der Waals surface area contributed by atoms with E-state index in [1.165, 1.54) is 23.1 Å². The summed E-state index contributed by atoms with van der Waals surface area (Å²) >= 11 is 0. The Balaban J connectivity index is 1.71. The maximum atomic E-state index is 12.6. The number of hydrogen-bond acceptors (Lipinski definition) is 5. The normalized spacial score (nSPS) is 11.3. The van der Waals surface area contributed by atoms with E-state index in [-0.39, 0.29) is 23.3 Å². The minimum atomic E-state index is -0.349. The van der Waals surface area contributed by atoms with E-state index in [0.29, 0.717) is 23.0 Å². The molecule has 0 aliphatic carbocycles. The van der Waals surface area contributed by atoms with Gasteiger partial charge >= 0.3 is 0 Å². The van der Waals surface area contributed by atoms with Crippen molar-refractivity contribution >= 4 is 17.8 Å². The molecule has 0 unspecified atom stereocenters. The van der Waals surface area contributed by atoms with E-state index >= 15 is 0 Å². The number of nitrogens with one attached hydrogen (secondary N) is 2. The van der Waals surface area contributed by atoms with Gasteiger partial charge in [-0.3, -0.25) is 14.6 Å². The maximum Gasteiger partial charge on any atom is 0.252 e. The van der Waals surface area contributed by atoms with Gasteiger partial charge in [0, 0.05) is 18.2 Å². The van der Waals surface area contributed by atoms with Gasteiger partial charge < -0.3 is 9.73 Å². The number of anilines is 1. The van der Waals surface area contributed by atoms with E-state index in [1.54, 1.807) is 24.3 Å². The van der Waals surface area contributed by atoms with Crippen molar-refractivity contribution in [3.63, 3.8) is 0 Å². The Kier molecular flexibility index (Phi) is 5.61. The lowest BCUT2D eigenvalue weighted by atomic mass is 10.1. The number of H-pyrrole nitrogens is 1. The van der Waals surface area contributed by atoms with E-state index in [1.807, 2.05) is 44.2 Å². The lowest BCUT2D eigenvalue weighted by molar-refractivity contribution is -0.111. The highest BCUT2D eigenvalue weighted by Gasteiger charge is 2.17. The Hall–Kier alpha value is -4.20. The third-order valence-corrected chi connectivity index (χ3v) is 4.50. The zero-order valence-corrected chi connectivity index (χ0v) is 17.1. The van der Waals surface area contributed by atoms with Crippen molar-refractivity contribution in [1.29, 1.82) is 0 Å². The number of amides is 1. The molecule has 3 heterocycles. The molecular weight excluding hydrogens is 394 g/mol. The molecule has 0 fully saturated rings. The summed E-state index contributed by atoms with van der Waals surface area (Å²) in [6.07, 6.45) is 4.68. The van der Waals surface area contributed by atoms with Gasteiger partial charge in [0.25, 0.3) is 5.56 Å². The maximum absolute atomic E-state index is 12.6. The van der Waals surface area contributed by atoms with Gasteiger partial charge in [0.2, 0.25) is 11.9 Å². The molecule has 8 heteroatoms. The van der Waals surface area contributed by atoms with E-state index in [2.05, 4.69) is 20.4 Å². The van der Waals surface area contributed by atoms with Crippen LogP contribution in [0.2, 0.25) is 0 Å². The van der Waals surface area contributed by atoms with Crippen LogP contribution in [0.5, 0.6) is 0 Å². The van der Waals surface area contributed by atoms with Gasteiger partial charge in [-0.05, 0) is 29.7 Å². The Bertz CT molecular complexity index is 1270. The molecule has 4 aromatic rings. The topological polar surface area (TPSA) is 106 Å². The van der Waals surface area contributed by atoms with Crippen LogP contribution in [0.15, 0.2) is 76.1 Å². The number of furan rings is 1. The van der Waals surface area contributed by atoms with Gasteiger partial charge in [-0.1, -0.05) is 44.2 Å². The van der Waals surface area contributed by atoms with Crippen LogP contribution in [0.3, 0.4) is 0 Å². The average Bonchev–Trinajstić information content (AvgIpc) is 3.42. The molecule has 4 rings (SSSR count). The van der Waals surface area contributed by atoms with Gasteiger partial charge in [-0.25, -0.2) is 4.98 Å². The molecule has 0 aliphatic heterocycles. The second-order valence-electron chi connectivity index (χ2n) is 7.19. The molecule has 0 radical (unpaired) electrons. The van der Waals surface area contributed by atoms with Crippen molar-refractivity contribution < 1.29 is 9.21 Å². The average molecular weight is 415 g/mol. The number of rotatable bonds is 6. The van der Waals surface area contributed by atoms with E-state index in [4.69, 9.17) is 4.42 Å². The van der Waals surface area contributed by atoms with Crippen LogP contribution < -0.4 is 10.9 Å². The molecule has 31 heavy (non-hydrogen) atoms. The molecule has 0 aliphatic rings. The summed E-state index contributed by atoms with van der Waals surface area (Å²) in [7, 11) is 0. The molecule has 0 bridgehead atoms. The van der Waals surface area contributed by atoms with Crippen LogP contribution in [0, 0.1) is 0 Å². The monoisotopic (exact) mass is 415 g/mol. The Morgan fingerprint density at radius 3 is 2.68 bits per heavy atom. The van der Waals surface area contributed by atoms with Crippen LogP contribution in [-0.2, 0) is 4.79 Å². The fraction of sp³-hybridized carbons (Fsp3) is 0.130. The molecule has 0 spiro atoms. The number of carbonyl (C=O) groups excluding carboxylic acids is 1. The van der Waals surface area contributed by atoms with Crippen molar-refractivity contribution in [3.8, 4) is 17.4 Å². The zero-order valence-electron chi connectivity index (χ0n) is 17.1. The lowest BCUT2D eigenvalue weighted by Gasteiger charge is -2.09. The van der Waals surface area contributed by atoms with Crippen molar-refractivity contribution in [1.82, 2.24) is 19.7 Å². The second kappa shape index (κ2) is 8.66. The summed E-state index contributed by atoms with van der Waals surface area (Å²) in [5, 5.41) is 7.29.